The Morgan fingerprint density at radius 1 is 1.56 bits per heavy atom. The molecule has 1 saturated carbocycles. The maximum atomic E-state index is 11.8. The molecule has 94 valence electrons. The zero-order valence-electron chi connectivity index (χ0n) is 9.97. The van der Waals surface area contributed by atoms with E-state index in [-0.39, 0.29) is 11.3 Å². The Labute approximate surface area is 104 Å². The van der Waals surface area contributed by atoms with Crippen molar-refractivity contribution in [1.82, 2.24) is 25.3 Å². The van der Waals surface area contributed by atoms with Crippen molar-refractivity contribution in [3.63, 3.8) is 0 Å². The lowest BCUT2D eigenvalue weighted by atomic mass is 10.1. The molecule has 1 aliphatic rings. The molecule has 3 rings (SSSR count). The van der Waals surface area contributed by atoms with Crippen LogP contribution in [0.1, 0.15) is 23.2 Å². The third-order valence-corrected chi connectivity index (χ3v) is 3.40. The van der Waals surface area contributed by atoms with E-state index in [0.29, 0.717) is 12.1 Å². The van der Waals surface area contributed by atoms with Crippen LogP contribution < -0.4 is 5.32 Å². The fraction of sp³-hybridized carbons (Fsp3) is 0.417. The summed E-state index contributed by atoms with van der Waals surface area (Å²) in [7, 11) is 0. The molecule has 1 fully saturated rings. The van der Waals surface area contributed by atoms with Crippen molar-refractivity contribution in [2.24, 2.45) is 5.41 Å². The maximum absolute atomic E-state index is 11.8. The molecule has 0 aromatic carbocycles. The van der Waals surface area contributed by atoms with Crippen LogP contribution >= 0.6 is 0 Å². The molecule has 6 heteroatoms. The Balaban J connectivity index is 1.55. The summed E-state index contributed by atoms with van der Waals surface area (Å²) in [4.78, 5) is 11.8. The van der Waals surface area contributed by atoms with Crippen molar-refractivity contribution in [3.8, 4) is 0 Å². The quantitative estimate of drug-likeness (QED) is 0.818. The lowest BCUT2D eigenvalue weighted by molar-refractivity contribution is 0.0942. The van der Waals surface area contributed by atoms with Gasteiger partial charge in [0.05, 0.1) is 11.8 Å². The van der Waals surface area contributed by atoms with Crippen molar-refractivity contribution in [2.75, 3.05) is 6.54 Å². The first-order valence-corrected chi connectivity index (χ1v) is 6.02. The molecule has 0 aliphatic heterocycles. The van der Waals surface area contributed by atoms with E-state index < -0.39 is 0 Å². The summed E-state index contributed by atoms with van der Waals surface area (Å²) in [5.41, 5.74) is 0.760. The van der Waals surface area contributed by atoms with Gasteiger partial charge in [-0.05, 0) is 18.9 Å². The van der Waals surface area contributed by atoms with Crippen LogP contribution in [0.4, 0.5) is 0 Å². The number of hydrogen-bond donors (Lipinski definition) is 2. The standard InChI is InChI=1S/C12H15N5O/c18-11(10-6-14-15-7-10)13-8-12(2-3-12)9-17-5-1-4-16-17/h1,4-7H,2-3,8-9H2,(H,13,18)(H,14,15). The average molecular weight is 245 g/mol. The zero-order valence-corrected chi connectivity index (χ0v) is 9.97. The molecular weight excluding hydrogens is 230 g/mol. The second kappa shape index (κ2) is 4.29. The van der Waals surface area contributed by atoms with Crippen molar-refractivity contribution in [3.05, 3.63) is 36.4 Å². The summed E-state index contributed by atoms with van der Waals surface area (Å²) < 4.78 is 1.93. The summed E-state index contributed by atoms with van der Waals surface area (Å²) in [6.45, 7) is 1.56. The molecule has 0 saturated heterocycles. The third kappa shape index (κ3) is 2.27. The SMILES string of the molecule is O=C(NCC1(Cn2cccn2)CC1)c1cn[nH]c1. The fourth-order valence-corrected chi connectivity index (χ4v) is 2.05. The van der Waals surface area contributed by atoms with Gasteiger partial charge < -0.3 is 5.32 Å². The van der Waals surface area contributed by atoms with Gasteiger partial charge in [-0.1, -0.05) is 0 Å². The van der Waals surface area contributed by atoms with Crippen LogP contribution in [0.25, 0.3) is 0 Å². The van der Waals surface area contributed by atoms with E-state index in [0.717, 1.165) is 19.4 Å². The molecule has 2 aromatic heterocycles. The van der Waals surface area contributed by atoms with Gasteiger partial charge in [-0.3, -0.25) is 14.6 Å². The Bertz CT molecular complexity index is 513. The van der Waals surface area contributed by atoms with Gasteiger partial charge in [0.1, 0.15) is 0 Å². The summed E-state index contributed by atoms with van der Waals surface area (Å²) in [6, 6.07) is 1.92. The summed E-state index contributed by atoms with van der Waals surface area (Å²) >= 11 is 0. The Hall–Kier alpha value is -2.11. The minimum absolute atomic E-state index is 0.0736. The molecule has 18 heavy (non-hydrogen) atoms. The summed E-state index contributed by atoms with van der Waals surface area (Å²) in [5.74, 6) is -0.0736. The van der Waals surface area contributed by atoms with Crippen molar-refractivity contribution in [2.45, 2.75) is 19.4 Å². The topological polar surface area (TPSA) is 75.6 Å². The van der Waals surface area contributed by atoms with Crippen molar-refractivity contribution < 1.29 is 4.79 Å². The molecule has 6 nitrogen and oxygen atoms in total. The second-order valence-corrected chi connectivity index (χ2v) is 4.87. The van der Waals surface area contributed by atoms with Crippen molar-refractivity contribution >= 4 is 5.91 Å². The first-order valence-electron chi connectivity index (χ1n) is 6.02. The summed E-state index contributed by atoms with van der Waals surface area (Å²) in [6.07, 6.45) is 9.14. The minimum atomic E-state index is -0.0736. The van der Waals surface area contributed by atoms with Crippen LogP contribution in [0.15, 0.2) is 30.9 Å². The molecule has 0 unspecified atom stereocenters. The smallest absolute Gasteiger partial charge is 0.254 e. The lowest BCUT2D eigenvalue weighted by Crippen LogP contribution is -2.32. The van der Waals surface area contributed by atoms with Gasteiger partial charge in [-0.25, -0.2) is 0 Å². The highest BCUT2D eigenvalue weighted by Crippen LogP contribution is 2.46. The number of amides is 1. The minimum Gasteiger partial charge on any atom is -0.351 e. The van der Waals surface area contributed by atoms with E-state index in [4.69, 9.17) is 0 Å². The molecule has 2 N–H and O–H groups in total. The highest BCUT2D eigenvalue weighted by Gasteiger charge is 2.43. The highest BCUT2D eigenvalue weighted by atomic mass is 16.1. The molecule has 0 spiro atoms. The van der Waals surface area contributed by atoms with E-state index in [1.165, 1.54) is 6.20 Å². The van der Waals surface area contributed by atoms with Crippen LogP contribution in [-0.4, -0.2) is 32.4 Å². The molecule has 0 radical (unpaired) electrons. The first-order chi connectivity index (χ1) is 8.77. The van der Waals surface area contributed by atoms with Gasteiger partial charge in [-0.2, -0.15) is 10.2 Å². The second-order valence-electron chi connectivity index (χ2n) is 4.87. The van der Waals surface area contributed by atoms with Gasteiger partial charge in [-0.15, -0.1) is 0 Å². The highest BCUT2D eigenvalue weighted by molar-refractivity contribution is 5.93. The maximum Gasteiger partial charge on any atom is 0.254 e. The van der Waals surface area contributed by atoms with Crippen molar-refractivity contribution in [1.29, 1.82) is 0 Å². The molecule has 0 atom stereocenters. The number of aromatic nitrogens is 4. The van der Waals surface area contributed by atoms with Gasteiger partial charge in [0.2, 0.25) is 0 Å². The zero-order chi connectivity index (χ0) is 12.4. The molecule has 2 aromatic rings. The van der Waals surface area contributed by atoms with Gasteiger partial charge in [0.15, 0.2) is 0 Å². The number of aromatic amines is 1. The Kier molecular flexibility index (Phi) is 2.62. The van der Waals surface area contributed by atoms with Gasteiger partial charge in [0, 0.05) is 37.1 Å². The number of nitrogens with zero attached hydrogens (tertiary/aromatic N) is 3. The molecule has 2 heterocycles. The number of carbonyl (C=O) groups excluding carboxylic acids is 1. The predicted octanol–water partition coefficient (Wildman–Crippen LogP) is 0.816. The van der Waals surface area contributed by atoms with Crippen LogP contribution in [0.3, 0.4) is 0 Å². The van der Waals surface area contributed by atoms with Crippen LogP contribution in [-0.2, 0) is 6.54 Å². The summed E-state index contributed by atoms with van der Waals surface area (Å²) in [5, 5.41) is 13.6. The number of rotatable bonds is 5. The van der Waals surface area contributed by atoms with Gasteiger partial charge in [0.25, 0.3) is 5.91 Å². The number of H-pyrrole nitrogens is 1. The predicted molar refractivity (Wildman–Crippen MR) is 64.8 cm³/mol. The van der Waals surface area contributed by atoms with Crippen LogP contribution in [0.5, 0.6) is 0 Å². The lowest BCUT2D eigenvalue weighted by Gasteiger charge is -2.15. The average Bonchev–Trinajstić information content (AvgIpc) is 2.84. The number of nitrogens with one attached hydrogen (secondary N) is 2. The molecule has 1 aliphatic carbocycles. The fourth-order valence-electron chi connectivity index (χ4n) is 2.05. The van der Waals surface area contributed by atoms with E-state index in [1.807, 2.05) is 16.9 Å². The Morgan fingerprint density at radius 2 is 2.44 bits per heavy atom. The third-order valence-electron chi connectivity index (χ3n) is 3.40. The van der Waals surface area contributed by atoms with Crippen LogP contribution in [0.2, 0.25) is 0 Å². The Morgan fingerprint density at radius 3 is 3.06 bits per heavy atom. The number of hydrogen-bond acceptors (Lipinski definition) is 3. The molecule has 1 amide bonds. The largest absolute Gasteiger partial charge is 0.351 e. The molecular formula is C12H15N5O. The van der Waals surface area contributed by atoms with E-state index in [2.05, 4.69) is 20.6 Å². The first kappa shape index (κ1) is 11.0. The molecule has 0 bridgehead atoms. The normalized spacial score (nSPS) is 16.4. The van der Waals surface area contributed by atoms with E-state index >= 15 is 0 Å². The van der Waals surface area contributed by atoms with E-state index in [9.17, 15) is 4.79 Å². The van der Waals surface area contributed by atoms with Gasteiger partial charge >= 0.3 is 0 Å². The van der Waals surface area contributed by atoms with Crippen LogP contribution in [0, 0.1) is 5.41 Å². The number of carbonyl (C=O) groups is 1. The van der Waals surface area contributed by atoms with E-state index in [1.54, 1.807) is 12.4 Å². The monoisotopic (exact) mass is 245 g/mol.